The molecule has 1 aliphatic rings. The van der Waals surface area contributed by atoms with Crippen LogP contribution in [0.2, 0.25) is 0 Å². The SMILES string of the molecule is CC(C)n1cc(-c2ccc([C@@H]3CCN(C)S(=O)(=O)N3)s2)cn1. The van der Waals surface area contributed by atoms with Crippen molar-refractivity contribution in [3.63, 3.8) is 0 Å². The number of hydrogen-bond acceptors (Lipinski definition) is 4. The summed E-state index contributed by atoms with van der Waals surface area (Å²) in [4.78, 5) is 2.16. The Morgan fingerprint density at radius 3 is 2.82 bits per heavy atom. The van der Waals surface area contributed by atoms with Crippen LogP contribution in [0.4, 0.5) is 0 Å². The lowest BCUT2D eigenvalue weighted by Crippen LogP contribution is -2.46. The Morgan fingerprint density at radius 2 is 2.18 bits per heavy atom. The number of hydrogen-bond donors (Lipinski definition) is 1. The maximum absolute atomic E-state index is 11.9. The first-order valence-electron chi connectivity index (χ1n) is 7.24. The van der Waals surface area contributed by atoms with Gasteiger partial charge in [0.25, 0.3) is 10.2 Å². The molecule has 3 rings (SSSR count). The van der Waals surface area contributed by atoms with E-state index in [0.717, 1.165) is 21.7 Å². The van der Waals surface area contributed by atoms with E-state index in [0.29, 0.717) is 12.6 Å². The van der Waals surface area contributed by atoms with Gasteiger partial charge in [0, 0.05) is 41.1 Å². The first-order chi connectivity index (χ1) is 10.4. The average molecular weight is 340 g/mol. The fraction of sp³-hybridized carbons (Fsp3) is 0.500. The minimum atomic E-state index is -3.35. The van der Waals surface area contributed by atoms with E-state index in [1.807, 2.05) is 29.2 Å². The predicted molar refractivity (Wildman–Crippen MR) is 88.0 cm³/mol. The lowest BCUT2D eigenvalue weighted by molar-refractivity contribution is 0.384. The molecule has 0 saturated carbocycles. The summed E-state index contributed by atoms with van der Waals surface area (Å²) in [7, 11) is -1.75. The monoisotopic (exact) mass is 340 g/mol. The molecule has 0 unspecified atom stereocenters. The van der Waals surface area contributed by atoms with Crippen molar-refractivity contribution in [1.29, 1.82) is 0 Å². The molecule has 0 amide bonds. The molecule has 8 heteroatoms. The molecule has 0 bridgehead atoms. The van der Waals surface area contributed by atoms with E-state index in [4.69, 9.17) is 0 Å². The van der Waals surface area contributed by atoms with Crippen molar-refractivity contribution in [3.8, 4) is 10.4 Å². The number of nitrogens with zero attached hydrogens (tertiary/aromatic N) is 3. The van der Waals surface area contributed by atoms with Crippen molar-refractivity contribution < 1.29 is 8.42 Å². The summed E-state index contributed by atoms with van der Waals surface area (Å²) in [6.07, 6.45) is 4.66. The summed E-state index contributed by atoms with van der Waals surface area (Å²) in [5.74, 6) is 0. The van der Waals surface area contributed by atoms with Crippen LogP contribution in [-0.4, -0.2) is 36.1 Å². The number of rotatable bonds is 3. The number of nitrogens with one attached hydrogen (secondary N) is 1. The number of aromatic nitrogens is 2. The fourth-order valence-corrected chi connectivity index (χ4v) is 4.68. The molecule has 3 heterocycles. The first-order valence-corrected chi connectivity index (χ1v) is 9.50. The largest absolute Gasteiger partial charge is 0.279 e. The van der Waals surface area contributed by atoms with Gasteiger partial charge in [0.05, 0.1) is 12.2 Å². The Kier molecular flexibility index (Phi) is 4.11. The van der Waals surface area contributed by atoms with Crippen molar-refractivity contribution in [2.24, 2.45) is 0 Å². The van der Waals surface area contributed by atoms with Gasteiger partial charge in [-0.25, -0.2) is 0 Å². The van der Waals surface area contributed by atoms with Crippen molar-refractivity contribution >= 4 is 21.5 Å². The predicted octanol–water partition coefficient (Wildman–Crippen LogP) is 2.40. The molecule has 0 aromatic carbocycles. The third-order valence-electron chi connectivity index (χ3n) is 3.82. The van der Waals surface area contributed by atoms with Gasteiger partial charge in [-0.2, -0.15) is 22.5 Å². The van der Waals surface area contributed by atoms with Crippen molar-refractivity contribution in [2.75, 3.05) is 13.6 Å². The van der Waals surface area contributed by atoms with Gasteiger partial charge in [-0.3, -0.25) is 4.68 Å². The third-order valence-corrected chi connectivity index (χ3v) is 6.65. The second-order valence-electron chi connectivity index (χ2n) is 5.79. The maximum atomic E-state index is 11.9. The summed E-state index contributed by atoms with van der Waals surface area (Å²) in [6, 6.07) is 4.23. The summed E-state index contributed by atoms with van der Waals surface area (Å²) in [6.45, 7) is 4.71. The molecule has 2 aromatic heterocycles. The van der Waals surface area contributed by atoms with Crippen LogP contribution in [0.3, 0.4) is 0 Å². The van der Waals surface area contributed by atoms with Gasteiger partial charge in [-0.05, 0) is 32.4 Å². The third kappa shape index (κ3) is 2.96. The molecule has 1 atom stereocenters. The molecule has 1 saturated heterocycles. The molecule has 6 nitrogen and oxygen atoms in total. The highest BCUT2D eigenvalue weighted by Gasteiger charge is 2.30. The van der Waals surface area contributed by atoms with Gasteiger partial charge in [0.15, 0.2) is 0 Å². The van der Waals surface area contributed by atoms with E-state index in [1.165, 1.54) is 4.31 Å². The molecule has 0 spiro atoms. The maximum Gasteiger partial charge on any atom is 0.279 e. The van der Waals surface area contributed by atoms with E-state index in [-0.39, 0.29) is 6.04 Å². The molecule has 120 valence electrons. The zero-order valence-corrected chi connectivity index (χ0v) is 14.5. The molecular weight excluding hydrogens is 320 g/mol. The normalized spacial score (nSPS) is 22.3. The van der Waals surface area contributed by atoms with Gasteiger partial charge < -0.3 is 0 Å². The Labute approximate surface area is 134 Å². The standard InChI is InChI=1S/C14H20N4O2S2/c1-10(2)18-9-11(8-15-18)13-4-5-14(21-13)12-6-7-17(3)22(19,20)16-12/h4-5,8-10,12,16H,6-7H2,1-3H3/t12-/m0/s1. The smallest absolute Gasteiger partial charge is 0.270 e. The number of thiophene rings is 1. The van der Waals surface area contributed by atoms with Gasteiger partial charge in [-0.15, -0.1) is 11.3 Å². The van der Waals surface area contributed by atoms with Crippen LogP contribution in [0.5, 0.6) is 0 Å². The van der Waals surface area contributed by atoms with E-state index >= 15 is 0 Å². The molecule has 1 N–H and O–H groups in total. The Balaban J connectivity index is 1.82. The average Bonchev–Trinajstić information content (AvgIpc) is 3.09. The minimum Gasteiger partial charge on any atom is -0.270 e. The van der Waals surface area contributed by atoms with Crippen LogP contribution in [0.1, 0.15) is 37.2 Å². The van der Waals surface area contributed by atoms with Crippen molar-refractivity contribution in [2.45, 2.75) is 32.4 Å². The van der Waals surface area contributed by atoms with Gasteiger partial charge in [-0.1, -0.05) is 0 Å². The highest BCUT2D eigenvalue weighted by atomic mass is 32.2. The Hall–Kier alpha value is -1.22. The quantitative estimate of drug-likeness (QED) is 0.933. The first kappa shape index (κ1) is 15.7. The molecule has 0 radical (unpaired) electrons. The molecular formula is C14H20N4O2S2. The zero-order chi connectivity index (χ0) is 15.9. The molecule has 22 heavy (non-hydrogen) atoms. The van der Waals surface area contributed by atoms with Gasteiger partial charge >= 0.3 is 0 Å². The summed E-state index contributed by atoms with van der Waals surface area (Å²) in [5, 5.41) is 4.35. The van der Waals surface area contributed by atoms with Crippen molar-refractivity contribution in [1.82, 2.24) is 18.8 Å². The molecule has 0 aliphatic carbocycles. The van der Waals surface area contributed by atoms with Crippen LogP contribution >= 0.6 is 11.3 Å². The fourth-order valence-electron chi connectivity index (χ4n) is 2.40. The minimum absolute atomic E-state index is 0.139. The zero-order valence-electron chi connectivity index (χ0n) is 12.9. The van der Waals surface area contributed by atoms with Crippen LogP contribution in [0, 0.1) is 0 Å². The van der Waals surface area contributed by atoms with E-state index in [9.17, 15) is 8.42 Å². The van der Waals surface area contributed by atoms with Crippen LogP contribution in [-0.2, 0) is 10.2 Å². The highest BCUT2D eigenvalue weighted by molar-refractivity contribution is 7.87. The second kappa shape index (κ2) is 5.77. The second-order valence-corrected chi connectivity index (χ2v) is 8.72. The Bertz CT molecular complexity index is 763. The van der Waals surface area contributed by atoms with Gasteiger partial charge in [0.2, 0.25) is 0 Å². The van der Waals surface area contributed by atoms with E-state index in [1.54, 1.807) is 18.4 Å². The lowest BCUT2D eigenvalue weighted by atomic mass is 10.2. The molecule has 2 aromatic rings. The molecule has 1 fully saturated rings. The Morgan fingerprint density at radius 1 is 1.41 bits per heavy atom. The van der Waals surface area contributed by atoms with Crippen LogP contribution in [0.15, 0.2) is 24.5 Å². The van der Waals surface area contributed by atoms with Crippen LogP contribution in [0.25, 0.3) is 10.4 Å². The molecule has 1 aliphatic heterocycles. The van der Waals surface area contributed by atoms with E-state index < -0.39 is 10.2 Å². The highest BCUT2D eigenvalue weighted by Crippen LogP contribution is 2.34. The summed E-state index contributed by atoms with van der Waals surface area (Å²) >= 11 is 1.62. The summed E-state index contributed by atoms with van der Waals surface area (Å²) in [5.41, 5.74) is 1.07. The topological polar surface area (TPSA) is 67.2 Å². The van der Waals surface area contributed by atoms with Crippen molar-refractivity contribution in [3.05, 3.63) is 29.4 Å². The lowest BCUT2D eigenvalue weighted by Gasteiger charge is -2.29. The summed E-state index contributed by atoms with van der Waals surface area (Å²) < 4.78 is 29.9. The van der Waals surface area contributed by atoms with E-state index in [2.05, 4.69) is 23.7 Å². The van der Waals surface area contributed by atoms with Gasteiger partial charge in [0.1, 0.15) is 0 Å². The van der Waals surface area contributed by atoms with Crippen LogP contribution < -0.4 is 4.72 Å².